The Morgan fingerprint density at radius 3 is 2.24 bits per heavy atom. The second-order valence-corrected chi connectivity index (χ2v) is 11.0. The monoisotopic (exact) mass is 560 g/mol. The van der Waals surface area contributed by atoms with Gasteiger partial charge in [0, 0.05) is 25.3 Å². The molecular weight excluding hydrogens is 530 g/mol. The number of hydrogen-bond acceptors (Lipinski definition) is 3. The summed E-state index contributed by atoms with van der Waals surface area (Å²) in [5.41, 5.74) is 2.65. The number of hydrogen-bond donors (Lipinski definition) is 1. The van der Waals surface area contributed by atoms with E-state index in [9.17, 15) is 14.0 Å². The van der Waals surface area contributed by atoms with Gasteiger partial charge in [-0.25, -0.2) is 4.39 Å². The molecule has 0 unspecified atom stereocenters. The Labute approximate surface area is 232 Å². The fraction of sp³-hybridized carbons (Fsp3) is 0.310. The van der Waals surface area contributed by atoms with Crippen molar-refractivity contribution in [2.75, 3.05) is 12.3 Å². The molecule has 196 valence electrons. The van der Waals surface area contributed by atoms with Gasteiger partial charge in [-0.05, 0) is 46.9 Å². The van der Waals surface area contributed by atoms with Crippen LogP contribution in [0, 0.1) is 11.7 Å². The molecule has 3 rings (SSSR count). The SMILES string of the molecule is CC(C)CNC(=O)[C@H](Cc1ccccc1)N(Cc1ccc(F)cc1)C(=O)CSCc1ccc(Cl)c(Cl)c1. The lowest BCUT2D eigenvalue weighted by Gasteiger charge is -2.32. The van der Waals surface area contributed by atoms with E-state index in [1.54, 1.807) is 29.2 Å². The Kier molecular flexibility index (Phi) is 11.3. The number of carbonyl (C=O) groups is 2. The van der Waals surface area contributed by atoms with Gasteiger partial charge in [0.25, 0.3) is 0 Å². The minimum atomic E-state index is -0.718. The number of rotatable bonds is 12. The zero-order valence-electron chi connectivity index (χ0n) is 20.9. The fourth-order valence-corrected chi connectivity index (χ4v) is 4.91. The van der Waals surface area contributed by atoms with Crippen LogP contribution in [0.25, 0.3) is 0 Å². The van der Waals surface area contributed by atoms with Crippen LogP contribution in [0.2, 0.25) is 10.0 Å². The maximum atomic E-state index is 13.6. The summed E-state index contributed by atoms with van der Waals surface area (Å²) in [6.45, 7) is 4.75. The Bertz CT molecular complexity index is 1180. The van der Waals surface area contributed by atoms with E-state index < -0.39 is 6.04 Å². The lowest BCUT2D eigenvalue weighted by molar-refractivity contribution is -0.139. The summed E-state index contributed by atoms with van der Waals surface area (Å²) in [6.07, 6.45) is 0.370. The fourth-order valence-electron chi connectivity index (χ4n) is 3.73. The van der Waals surface area contributed by atoms with Crippen molar-refractivity contribution in [3.8, 4) is 0 Å². The third-order valence-electron chi connectivity index (χ3n) is 5.70. The zero-order chi connectivity index (χ0) is 26.8. The average molecular weight is 562 g/mol. The number of halogens is 3. The minimum absolute atomic E-state index is 0.171. The molecular formula is C29H31Cl2FN2O2S. The maximum Gasteiger partial charge on any atom is 0.243 e. The lowest BCUT2D eigenvalue weighted by Crippen LogP contribution is -2.51. The van der Waals surface area contributed by atoms with Gasteiger partial charge in [0.05, 0.1) is 15.8 Å². The quantitative estimate of drug-likeness (QED) is 0.265. The highest BCUT2D eigenvalue weighted by atomic mass is 35.5. The molecule has 3 aromatic carbocycles. The van der Waals surface area contributed by atoms with Crippen molar-refractivity contribution in [1.82, 2.24) is 10.2 Å². The summed E-state index contributed by atoms with van der Waals surface area (Å²) in [7, 11) is 0. The molecule has 0 bridgehead atoms. The molecule has 3 aromatic rings. The molecule has 0 heterocycles. The van der Waals surface area contributed by atoms with E-state index in [1.807, 2.05) is 50.2 Å². The summed E-state index contributed by atoms with van der Waals surface area (Å²) < 4.78 is 13.5. The first kappa shape index (κ1) is 29.0. The predicted octanol–water partition coefficient (Wildman–Crippen LogP) is 6.78. The molecule has 0 aliphatic rings. The van der Waals surface area contributed by atoms with Crippen LogP contribution >= 0.6 is 35.0 Å². The van der Waals surface area contributed by atoms with Crippen molar-refractivity contribution in [1.29, 1.82) is 0 Å². The van der Waals surface area contributed by atoms with Crippen LogP contribution < -0.4 is 5.32 Å². The summed E-state index contributed by atoms with van der Waals surface area (Å²) in [6, 6.07) is 20.3. The highest BCUT2D eigenvalue weighted by Gasteiger charge is 2.30. The first-order chi connectivity index (χ1) is 17.7. The summed E-state index contributed by atoms with van der Waals surface area (Å²) in [5, 5.41) is 3.95. The third kappa shape index (κ3) is 9.37. The zero-order valence-corrected chi connectivity index (χ0v) is 23.3. The van der Waals surface area contributed by atoms with Gasteiger partial charge in [0.2, 0.25) is 11.8 Å². The summed E-state index contributed by atoms with van der Waals surface area (Å²) in [5.74, 6) is 0.274. The van der Waals surface area contributed by atoms with Crippen molar-refractivity contribution in [2.24, 2.45) is 5.92 Å². The molecule has 0 aliphatic heterocycles. The Balaban J connectivity index is 1.83. The van der Waals surface area contributed by atoms with Gasteiger partial charge in [0.1, 0.15) is 11.9 Å². The Morgan fingerprint density at radius 1 is 0.919 bits per heavy atom. The minimum Gasteiger partial charge on any atom is -0.354 e. The van der Waals surface area contributed by atoms with Crippen molar-refractivity contribution in [2.45, 2.75) is 38.6 Å². The van der Waals surface area contributed by atoms with Crippen molar-refractivity contribution < 1.29 is 14.0 Å². The van der Waals surface area contributed by atoms with Gasteiger partial charge in [-0.15, -0.1) is 11.8 Å². The molecule has 0 saturated heterocycles. The van der Waals surface area contributed by atoms with Gasteiger partial charge < -0.3 is 10.2 Å². The molecule has 1 N–H and O–H groups in total. The molecule has 8 heteroatoms. The van der Waals surface area contributed by atoms with E-state index in [2.05, 4.69) is 5.32 Å². The van der Waals surface area contributed by atoms with Crippen molar-refractivity contribution >= 4 is 46.8 Å². The first-order valence-electron chi connectivity index (χ1n) is 12.1. The number of amides is 2. The molecule has 0 saturated carbocycles. The summed E-state index contributed by atoms with van der Waals surface area (Å²) in [4.78, 5) is 28.6. The van der Waals surface area contributed by atoms with Crippen LogP contribution in [-0.4, -0.2) is 35.1 Å². The predicted molar refractivity (Wildman–Crippen MR) is 151 cm³/mol. The Morgan fingerprint density at radius 2 is 1.59 bits per heavy atom. The van der Waals surface area contributed by atoms with E-state index in [-0.39, 0.29) is 35.8 Å². The molecule has 0 fully saturated rings. The van der Waals surface area contributed by atoms with Crippen LogP contribution in [-0.2, 0) is 28.3 Å². The standard InChI is InChI=1S/C29H31Cl2FN2O2S/c1-20(2)16-33-29(36)27(15-21-6-4-3-5-7-21)34(17-22-8-11-24(32)12-9-22)28(35)19-37-18-23-10-13-25(30)26(31)14-23/h3-14,20,27H,15-19H2,1-2H3,(H,33,36)/t27-/m0/s1. The molecule has 37 heavy (non-hydrogen) atoms. The molecule has 4 nitrogen and oxygen atoms in total. The smallest absolute Gasteiger partial charge is 0.243 e. The van der Waals surface area contributed by atoms with Gasteiger partial charge >= 0.3 is 0 Å². The number of nitrogens with one attached hydrogen (secondary N) is 1. The molecule has 1 atom stereocenters. The van der Waals surface area contributed by atoms with E-state index in [0.29, 0.717) is 28.8 Å². The number of nitrogens with zero attached hydrogens (tertiary/aromatic N) is 1. The maximum absolute atomic E-state index is 13.6. The highest BCUT2D eigenvalue weighted by molar-refractivity contribution is 7.99. The highest BCUT2D eigenvalue weighted by Crippen LogP contribution is 2.25. The van der Waals surface area contributed by atoms with Gasteiger partial charge in [-0.2, -0.15) is 0 Å². The van der Waals surface area contributed by atoms with Crippen LogP contribution in [0.4, 0.5) is 4.39 Å². The van der Waals surface area contributed by atoms with E-state index in [4.69, 9.17) is 23.2 Å². The van der Waals surface area contributed by atoms with Crippen molar-refractivity contribution in [3.05, 3.63) is 105 Å². The lowest BCUT2D eigenvalue weighted by atomic mass is 10.0. The number of thioether (sulfide) groups is 1. The normalized spacial score (nSPS) is 11.8. The van der Waals surface area contributed by atoms with E-state index in [1.165, 1.54) is 23.9 Å². The molecule has 2 amide bonds. The first-order valence-corrected chi connectivity index (χ1v) is 14.0. The van der Waals surface area contributed by atoms with Gasteiger partial charge in [-0.3, -0.25) is 9.59 Å². The molecule has 0 aliphatic carbocycles. The third-order valence-corrected chi connectivity index (χ3v) is 7.43. The molecule has 0 spiro atoms. The van der Waals surface area contributed by atoms with Gasteiger partial charge in [-0.1, -0.05) is 85.6 Å². The van der Waals surface area contributed by atoms with Crippen molar-refractivity contribution in [3.63, 3.8) is 0 Å². The molecule has 0 aromatic heterocycles. The van der Waals surface area contributed by atoms with Crippen LogP contribution in [0.5, 0.6) is 0 Å². The largest absolute Gasteiger partial charge is 0.354 e. The van der Waals surface area contributed by atoms with Crippen LogP contribution in [0.15, 0.2) is 72.8 Å². The van der Waals surface area contributed by atoms with Gasteiger partial charge in [0.15, 0.2) is 0 Å². The number of carbonyl (C=O) groups excluding carboxylic acids is 2. The molecule has 0 radical (unpaired) electrons. The number of benzene rings is 3. The summed E-state index contributed by atoms with van der Waals surface area (Å²) >= 11 is 13.6. The second-order valence-electron chi connectivity index (χ2n) is 9.23. The van der Waals surface area contributed by atoms with E-state index in [0.717, 1.165) is 16.7 Å². The van der Waals surface area contributed by atoms with Crippen LogP contribution in [0.1, 0.15) is 30.5 Å². The average Bonchev–Trinajstić information content (AvgIpc) is 2.88. The van der Waals surface area contributed by atoms with Crippen LogP contribution in [0.3, 0.4) is 0 Å². The van der Waals surface area contributed by atoms with E-state index >= 15 is 0 Å². The second kappa shape index (κ2) is 14.4. The topological polar surface area (TPSA) is 49.4 Å². The Hall–Kier alpha value is -2.54.